The highest BCUT2D eigenvalue weighted by Gasteiger charge is 2.40. The first-order valence-corrected chi connectivity index (χ1v) is 7.99. The van der Waals surface area contributed by atoms with E-state index in [2.05, 4.69) is 20.9 Å². The zero-order valence-corrected chi connectivity index (χ0v) is 13.7. The van der Waals surface area contributed by atoms with Gasteiger partial charge in [-0.1, -0.05) is 17.3 Å². The molecule has 1 saturated heterocycles. The first-order valence-electron chi connectivity index (χ1n) is 7.99. The van der Waals surface area contributed by atoms with Gasteiger partial charge < -0.3 is 26.0 Å². The Morgan fingerprint density at radius 2 is 1.92 bits per heavy atom. The first-order chi connectivity index (χ1) is 12.0. The largest absolute Gasteiger partial charge is 0.395 e. The molecule has 1 aliphatic rings. The van der Waals surface area contributed by atoms with E-state index in [1.54, 1.807) is 23.0 Å². The van der Waals surface area contributed by atoms with E-state index < -0.39 is 24.3 Å². The van der Waals surface area contributed by atoms with Gasteiger partial charge in [0.25, 0.3) is 0 Å². The number of benzene rings is 1. The highest BCUT2D eigenvalue weighted by atomic mass is 16.3. The second kappa shape index (κ2) is 7.28. The molecule has 5 N–H and O–H groups in total. The van der Waals surface area contributed by atoms with Crippen molar-refractivity contribution in [1.29, 1.82) is 0 Å². The Hall–Kier alpha value is -2.33. The zero-order valence-electron chi connectivity index (χ0n) is 13.7. The number of nitrogens with one attached hydrogen (secondary N) is 2. The van der Waals surface area contributed by atoms with Crippen LogP contribution in [0.2, 0.25) is 0 Å². The Morgan fingerprint density at radius 1 is 1.24 bits per heavy atom. The molecule has 1 fully saturated rings. The molecule has 2 aromatic rings. The van der Waals surface area contributed by atoms with E-state index in [1.165, 1.54) is 6.92 Å². The SMILES string of the molecule is CC(=O)Nc1ccc(-c2cnnn2C[C@H]2N[C@H](CO)[C@@H](O)[C@@H]2O)cc1. The van der Waals surface area contributed by atoms with Gasteiger partial charge in [0.2, 0.25) is 5.91 Å². The molecule has 0 bridgehead atoms. The molecule has 3 rings (SSSR count). The number of aromatic nitrogens is 3. The molecule has 0 aliphatic carbocycles. The van der Waals surface area contributed by atoms with Crippen molar-refractivity contribution in [2.45, 2.75) is 37.8 Å². The molecule has 1 amide bonds. The van der Waals surface area contributed by atoms with Gasteiger partial charge in [-0.3, -0.25) is 4.79 Å². The number of nitrogens with zero attached hydrogens (tertiary/aromatic N) is 3. The molecule has 0 spiro atoms. The van der Waals surface area contributed by atoms with Gasteiger partial charge in [-0.15, -0.1) is 5.10 Å². The number of amides is 1. The summed E-state index contributed by atoms with van der Waals surface area (Å²) in [6.45, 7) is 1.47. The van der Waals surface area contributed by atoms with Gasteiger partial charge in [-0.2, -0.15) is 0 Å². The van der Waals surface area contributed by atoms with Gasteiger partial charge in [0, 0.05) is 18.2 Å². The van der Waals surface area contributed by atoms with E-state index >= 15 is 0 Å². The summed E-state index contributed by atoms with van der Waals surface area (Å²) in [7, 11) is 0. The summed E-state index contributed by atoms with van der Waals surface area (Å²) in [5.41, 5.74) is 2.29. The van der Waals surface area contributed by atoms with E-state index in [0.29, 0.717) is 5.69 Å². The van der Waals surface area contributed by atoms with Crippen molar-refractivity contribution >= 4 is 11.6 Å². The van der Waals surface area contributed by atoms with Gasteiger partial charge in [0.05, 0.1) is 49.3 Å². The van der Waals surface area contributed by atoms with Crippen molar-refractivity contribution in [3.8, 4) is 11.3 Å². The number of carbonyl (C=O) groups excluding carboxylic acids is 1. The average Bonchev–Trinajstić information content (AvgIpc) is 3.15. The van der Waals surface area contributed by atoms with Crippen molar-refractivity contribution in [1.82, 2.24) is 20.3 Å². The average molecular weight is 347 g/mol. The Bertz CT molecular complexity index is 732. The topological polar surface area (TPSA) is 133 Å². The summed E-state index contributed by atoms with van der Waals surface area (Å²) in [6.07, 6.45) is -0.426. The summed E-state index contributed by atoms with van der Waals surface area (Å²) in [5, 5.41) is 42.9. The van der Waals surface area contributed by atoms with Crippen LogP contribution in [0.1, 0.15) is 6.92 Å². The monoisotopic (exact) mass is 347 g/mol. The quantitative estimate of drug-likeness (QED) is 0.466. The van der Waals surface area contributed by atoms with E-state index in [-0.39, 0.29) is 19.1 Å². The predicted octanol–water partition coefficient (Wildman–Crippen LogP) is -1.04. The number of hydrogen-bond donors (Lipinski definition) is 5. The molecule has 0 saturated carbocycles. The smallest absolute Gasteiger partial charge is 0.221 e. The third-order valence-corrected chi connectivity index (χ3v) is 4.29. The normalized spacial score (nSPS) is 25.9. The second-order valence-electron chi connectivity index (χ2n) is 6.10. The van der Waals surface area contributed by atoms with E-state index in [4.69, 9.17) is 0 Å². The van der Waals surface area contributed by atoms with Crippen LogP contribution >= 0.6 is 0 Å². The summed E-state index contributed by atoms with van der Waals surface area (Å²) in [6, 6.07) is 6.22. The molecule has 134 valence electrons. The van der Waals surface area contributed by atoms with Crippen molar-refractivity contribution in [3.63, 3.8) is 0 Å². The summed E-state index contributed by atoms with van der Waals surface area (Å²) in [4.78, 5) is 11.1. The van der Waals surface area contributed by atoms with Gasteiger partial charge in [-0.25, -0.2) is 4.68 Å². The van der Waals surface area contributed by atoms with Crippen molar-refractivity contribution in [2.24, 2.45) is 0 Å². The van der Waals surface area contributed by atoms with Crippen molar-refractivity contribution < 1.29 is 20.1 Å². The standard InChI is InChI=1S/C16H21N5O4/c1-9(23)18-11-4-2-10(3-5-11)14-6-17-20-21(14)7-12-15(24)16(25)13(8-22)19-12/h2-6,12-13,15-16,19,22,24-25H,7-8H2,1H3,(H,18,23)/t12-,13-,15-,16-/m1/s1. The van der Waals surface area contributed by atoms with E-state index in [9.17, 15) is 20.1 Å². The molecule has 0 unspecified atom stereocenters. The lowest BCUT2D eigenvalue weighted by Gasteiger charge is -2.17. The molecule has 9 nitrogen and oxygen atoms in total. The van der Waals surface area contributed by atoms with Crippen LogP contribution in [0.25, 0.3) is 11.3 Å². The Morgan fingerprint density at radius 3 is 2.52 bits per heavy atom. The lowest BCUT2D eigenvalue weighted by Crippen LogP contribution is -2.38. The summed E-state index contributed by atoms with van der Waals surface area (Å²) < 4.78 is 1.63. The zero-order chi connectivity index (χ0) is 18.0. The van der Waals surface area contributed by atoms with Crippen LogP contribution in [-0.4, -0.2) is 67.1 Å². The summed E-state index contributed by atoms with van der Waals surface area (Å²) in [5.74, 6) is -0.141. The molecule has 2 heterocycles. The molecule has 1 aromatic carbocycles. The highest BCUT2D eigenvalue weighted by Crippen LogP contribution is 2.22. The number of rotatable bonds is 5. The third-order valence-electron chi connectivity index (χ3n) is 4.29. The predicted molar refractivity (Wildman–Crippen MR) is 89.6 cm³/mol. The fourth-order valence-corrected chi connectivity index (χ4v) is 3.00. The maximum absolute atomic E-state index is 11.1. The van der Waals surface area contributed by atoms with Crippen LogP contribution in [0.4, 0.5) is 5.69 Å². The molecular formula is C16H21N5O4. The van der Waals surface area contributed by atoms with Crippen LogP contribution in [0.3, 0.4) is 0 Å². The van der Waals surface area contributed by atoms with Crippen LogP contribution in [0, 0.1) is 0 Å². The molecule has 1 aromatic heterocycles. The third kappa shape index (κ3) is 3.69. The summed E-state index contributed by atoms with van der Waals surface area (Å²) >= 11 is 0. The van der Waals surface area contributed by atoms with Gasteiger partial charge in [0.15, 0.2) is 0 Å². The number of aliphatic hydroxyl groups is 3. The second-order valence-corrected chi connectivity index (χ2v) is 6.10. The minimum atomic E-state index is -1.03. The molecule has 9 heteroatoms. The number of carbonyl (C=O) groups is 1. The van der Waals surface area contributed by atoms with Crippen LogP contribution in [0.5, 0.6) is 0 Å². The maximum atomic E-state index is 11.1. The number of aliphatic hydroxyl groups excluding tert-OH is 3. The minimum Gasteiger partial charge on any atom is -0.395 e. The molecular weight excluding hydrogens is 326 g/mol. The molecule has 0 radical (unpaired) electrons. The van der Waals surface area contributed by atoms with E-state index in [1.807, 2.05) is 12.1 Å². The molecule has 1 aliphatic heterocycles. The van der Waals surface area contributed by atoms with Crippen molar-refractivity contribution in [3.05, 3.63) is 30.5 Å². The lowest BCUT2D eigenvalue weighted by atomic mass is 10.1. The molecule has 4 atom stereocenters. The lowest BCUT2D eigenvalue weighted by molar-refractivity contribution is -0.114. The minimum absolute atomic E-state index is 0.141. The Labute approximate surface area is 144 Å². The van der Waals surface area contributed by atoms with Crippen LogP contribution < -0.4 is 10.6 Å². The Balaban J connectivity index is 1.76. The van der Waals surface area contributed by atoms with E-state index in [0.717, 1.165) is 11.3 Å². The first kappa shape index (κ1) is 17.5. The van der Waals surface area contributed by atoms with Gasteiger partial charge in [-0.05, 0) is 12.1 Å². The fourth-order valence-electron chi connectivity index (χ4n) is 3.00. The van der Waals surface area contributed by atoms with Gasteiger partial charge >= 0.3 is 0 Å². The van der Waals surface area contributed by atoms with Crippen LogP contribution in [0.15, 0.2) is 30.5 Å². The maximum Gasteiger partial charge on any atom is 0.221 e. The fraction of sp³-hybridized carbons (Fsp3) is 0.438. The highest BCUT2D eigenvalue weighted by molar-refractivity contribution is 5.88. The number of anilines is 1. The Kier molecular flexibility index (Phi) is 5.09. The molecule has 25 heavy (non-hydrogen) atoms. The number of hydrogen-bond acceptors (Lipinski definition) is 7. The van der Waals surface area contributed by atoms with Crippen molar-refractivity contribution in [2.75, 3.05) is 11.9 Å². The van der Waals surface area contributed by atoms with Crippen LogP contribution in [-0.2, 0) is 11.3 Å². The van der Waals surface area contributed by atoms with Gasteiger partial charge in [0.1, 0.15) is 0 Å².